The summed E-state index contributed by atoms with van der Waals surface area (Å²) in [5.74, 6) is -1.60. The molecule has 1 aliphatic heterocycles. The number of carbonyl (C=O) groups is 2. The van der Waals surface area contributed by atoms with Crippen LogP contribution < -0.4 is 10.6 Å². The lowest BCUT2D eigenvalue weighted by Gasteiger charge is -2.17. The first kappa shape index (κ1) is 13.7. The summed E-state index contributed by atoms with van der Waals surface area (Å²) in [4.78, 5) is 24.2. The average Bonchev–Trinajstić information content (AvgIpc) is 2.65. The minimum Gasteiger partial charge on any atom is -0.481 e. The predicted molar refractivity (Wildman–Crippen MR) is 60.8 cm³/mol. The number of aliphatic carboxylic acids is 1. The molecule has 98 valence electrons. The fraction of sp³-hybridized carbons (Fsp3) is 0.800. The van der Waals surface area contributed by atoms with E-state index in [1.807, 2.05) is 19.0 Å². The van der Waals surface area contributed by atoms with Crippen molar-refractivity contribution in [3.8, 4) is 0 Å². The Bertz CT molecular complexity index is 283. The number of ether oxygens (including phenoxy) is 1. The smallest absolute Gasteiger partial charge is 0.315 e. The number of likely N-dealkylation sites (N-methyl/N-ethyl adjacent to an activating group) is 1. The van der Waals surface area contributed by atoms with Crippen LogP contribution in [-0.4, -0.2) is 68.4 Å². The molecule has 2 amide bonds. The van der Waals surface area contributed by atoms with E-state index in [0.29, 0.717) is 6.54 Å². The lowest BCUT2D eigenvalue weighted by molar-refractivity contribution is -0.142. The number of amides is 2. The van der Waals surface area contributed by atoms with E-state index >= 15 is 0 Å². The molecule has 2 atom stereocenters. The molecule has 0 aromatic heterocycles. The fourth-order valence-corrected chi connectivity index (χ4v) is 1.55. The van der Waals surface area contributed by atoms with Crippen molar-refractivity contribution in [2.75, 3.05) is 40.4 Å². The van der Waals surface area contributed by atoms with Gasteiger partial charge in [-0.05, 0) is 14.1 Å². The Balaban J connectivity index is 2.28. The van der Waals surface area contributed by atoms with Crippen molar-refractivity contribution in [3.05, 3.63) is 0 Å². The number of hydrogen-bond donors (Lipinski definition) is 3. The maximum absolute atomic E-state index is 11.5. The third kappa shape index (κ3) is 4.58. The highest BCUT2D eigenvalue weighted by molar-refractivity contribution is 5.77. The third-order valence-corrected chi connectivity index (χ3v) is 2.56. The number of carbonyl (C=O) groups excluding carboxylic acids is 1. The molecule has 0 spiro atoms. The Labute approximate surface area is 100 Å². The normalized spacial score (nSPS) is 23.7. The molecule has 7 nitrogen and oxygen atoms in total. The van der Waals surface area contributed by atoms with E-state index in [1.54, 1.807) is 0 Å². The van der Waals surface area contributed by atoms with Gasteiger partial charge in [0.25, 0.3) is 0 Å². The van der Waals surface area contributed by atoms with Crippen molar-refractivity contribution in [1.82, 2.24) is 15.5 Å². The van der Waals surface area contributed by atoms with Gasteiger partial charge in [0.1, 0.15) is 5.92 Å². The van der Waals surface area contributed by atoms with E-state index in [4.69, 9.17) is 9.84 Å². The second-order valence-corrected chi connectivity index (χ2v) is 4.29. The lowest BCUT2D eigenvalue weighted by Crippen LogP contribution is -2.48. The summed E-state index contributed by atoms with van der Waals surface area (Å²) in [5, 5.41) is 14.2. The van der Waals surface area contributed by atoms with Crippen molar-refractivity contribution in [1.29, 1.82) is 0 Å². The molecule has 3 N–H and O–H groups in total. The molecule has 1 heterocycles. The van der Waals surface area contributed by atoms with Gasteiger partial charge in [-0.15, -0.1) is 0 Å². The molecule has 7 heteroatoms. The molecular formula is C10H19N3O4. The molecule has 1 aliphatic rings. The zero-order valence-electron chi connectivity index (χ0n) is 10.1. The fourth-order valence-electron chi connectivity index (χ4n) is 1.55. The quantitative estimate of drug-likeness (QED) is 0.575. The average molecular weight is 245 g/mol. The molecule has 17 heavy (non-hydrogen) atoms. The van der Waals surface area contributed by atoms with Gasteiger partial charge in [-0.3, -0.25) is 4.79 Å². The summed E-state index contributed by atoms with van der Waals surface area (Å²) >= 11 is 0. The summed E-state index contributed by atoms with van der Waals surface area (Å²) in [5.41, 5.74) is 0. The summed E-state index contributed by atoms with van der Waals surface area (Å²) < 4.78 is 5.04. The van der Waals surface area contributed by atoms with Crippen molar-refractivity contribution in [3.63, 3.8) is 0 Å². The van der Waals surface area contributed by atoms with Crippen molar-refractivity contribution in [2.45, 2.75) is 6.04 Å². The van der Waals surface area contributed by atoms with E-state index < -0.39 is 17.9 Å². The maximum atomic E-state index is 11.5. The number of nitrogens with zero attached hydrogens (tertiary/aromatic N) is 1. The lowest BCUT2D eigenvalue weighted by atomic mass is 10.0. The van der Waals surface area contributed by atoms with Gasteiger partial charge in [0.15, 0.2) is 0 Å². The zero-order valence-corrected chi connectivity index (χ0v) is 10.1. The number of carboxylic acids is 1. The van der Waals surface area contributed by atoms with Crippen LogP contribution in [0.25, 0.3) is 0 Å². The van der Waals surface area contributed by atoms with E-state index in [0.717, 1.165) is 6.54 Å². The molecule has 0 aromatic carbocycles. The molecule has 1 saturated heterocycles. The summed E-state index contributed by atoms with van der Waals surface area (Å²) in [6.45, 7) is 1.65. The van der Waals surface area contributed by atoms with Gasteiger partial charge in [-0.1, -0.05) is 0 Å². The minimum absolute atomic E-state index is 0.151. The second-order valence-electron chi connectivity index (χ2n) is 4.29. The topological polar surface area (TPSA) is 90.9 Å². The van der Waals surface area contributed by atoms with Crippen LogP contribution in [-0.2, 0) is 9.53 Å². The molecule has 0 radical (unpaired) electrons. The zero-order chi connectivity index (χ0) is 12.8. The molecule has 0 aromatic rings. The van der Waals surface area contributed by atoms with Crippen LogP contribution in [0.5, 0.6) is 0 Å². The SMILES string of the molecule is CN(C)CCNC(=O)NC1COCC1C(=O)O. The Morgan fingerprint density at radius 3 is 2.71 bits per heavy atom. The van der Waals surface area contributed by atoms with Crippen molar-refractivity contribution in [2.24, 2.45) is 5.92 Å². The molecule has 2 unspecified atom stereocenters. The number of rotatable bonds is 5. The van der Waals surface area contributed by atoms with Gasteiger partial charge in [0.05, 0.1) is 19.3 Å². The molecule has 0 saturated carbocycles. The second kappa shape index (κ2) is 6.41. The van der Waals surface area contributed by atoms with E-state index in [9.17, 15) is 9.59 Å². The number of nitrogens with one attached hydrogen (secondary N) is 2. The maximum Gasteiger partial charge on any atom is 0.315 e. The highest BCUT2D eigenvalue weighted by Crippen LogP contribution is 2.13. The standard InChI is InChI=1S/C10H19N3O4/c1-13(2)4-3-11-10(16)12-8-6-17-5-7(8)9(14)15/h7-8H,3-6H2,1-2H3,(H,14,15)(H2,11,12,16). The van der Waals surface area contributed by atoms with Gasteiger partial charge in [0, 0.05) is 13.1 Å². The minimum atomic E-state index is -0.943. The number of urea groups is 1. The van der Waals surface area contributed by atoms with Crippen LogP contribution in [0, 0.1) is 5.92 Å². The van der Waals surface area contributed by atoms with E-state index in [2.05, 4.69) is 10.6 Å². The van der Waals surface area contributed by atoms with Gasteiger partial charge in [-0.2, -0.15) is 0 Å². The van der Waals surface area contributed by atoms with Gasteiger partial charge < -0.3 is 25.4 Å². The van der Waals surface area contributed by atoms with Crippen LogP contribution in [0.15, 0.2) is 0 Å². The molecule has 1 fully saturated rings. The third-order valence-electron chi connectivity index (χ3n) is 2.56. The van der Waals surface area contributed by atoms with Crippen LogP contribution in [0.2, 0.25) is 0 Å². The van der Waals surface area contributed by atoms with Crippen molar-refractivity contribution < 1.29 is 19.4 Å². The summed E-state index contributed by atoms with van der Waals surface area (Å²) in [6, 6.07) is -0.805. The first-order valence-corrected chi connectivity index (χ1v) is 5.50. The highest BCUT2D eigenvalue weighted by atomic mass is 16.5. The van der Waals surface area contributed by atoms with Gasteiger partial charge in [0.2, 0.25) is 0 Å². The predicted octanol–water partition coefficient (Wildman–Crippen LogP) is -1.05. The van der Waals surface area contributed by atoms with E-state index in [-0.39, 0.29) is 19.2 Å². The largest absolute Gasteiger partial charge is 0.481 e. The van der Waals surface area contributed by atoms with Crippen LogP contribution in [0.3, 0.4) is 0 Å². The highest BCUT2D eigenvalue weighted by Gasteiger charge is 2.34. The summed E-state index contributed by atoms with van der Waals surface area (Å²) in [7, 11) is 3.82. The Morgan fingerprint density at radius 1 is 1.41 bits per heavy atom. The Kier molecular flexibility index (Phi) is 5.17. The molecule has 0 bridgehead atoms. The van der Waals surface area contributed by atoms with Crippen LogP contribution >= 0.6 is 0 Å². The van der Waals surface area contributed by atoms with E-state index in [1.165, 1.54) is 0 Å². The first-order valence-electron chi connectivity index (χ1n) is 5.50. The van der Waals surface area contributed by atoms with Gasteiger partial charge in [-0.25, -0.2) is 4.79 Å². The van der Waals surface area contributed by atoms with Gasteiger partial charge >= 0.3 is 12.0 Å². The Hall–Kier alpha value is -1.34. The first-order chi connectivity index (χ1) is 8.00. The van der Waals surface area contributed by atoms with Crippen LogP contribution in [0.4, 0.5) is 4.79 Å². The van der Waals surface area contributed by atoms with Crippen molar-refractivity contribution >= 4 is 12.0 Å². The molecule has 1 rings (SSSR count). The van der Waals surface area contributed by atoms with Crippen LogP contribution in [0.1, 0.15) is 0 Å². The molecular weight excluding hydrogens is 226 g/mol. The molecule has 0 aliphatic carbocycles. The monoisotopic (exact) mass is 245 g/mol. The number of carboxylic acid groups (broad SMARTS) is 1. The summed E-state index contributed by atoms with van der Waals surface area (Å²) in [6.07, 6.45) is 0. The Morgan fingerprint density at radius 2 is 2.12 bits per heavy atom. The number of hydrogen-bond acceptors (Lipinski definition) is 4.